The molecule has 0 bridgehead atoms. The Morgan fingerprint density at radius 2 is 2.26 bits per heavy atom. The smallest absolute Gasteiger partial charge is 0.312 e. The molecule has 0 spiro atoms. The Hall–Kier alpha value is -3.03. The SMILES string of the molecule is C#C[C@]1(COC(=O)CCCC(CC)(CC)CC=C)O[C@@H](n2cnc3c(N)nc(F)nc32)C[C@@H]1O. The molecule has 2 aromatic heterocycles. The third kappa shape index (κ3) is 5.05. The van der Waals surface area contributed by atoms with Gasteiger partial charge >= 0.3 is 12.0 Å². The number of aromatic nitrogens is 4. The molecule has 3 heterocycles. The van der Waals surface area contributed by atoms with Gasteiger partial charge in [-0.25, -0.2) is 4.98 Å². The Labute approximate surface area is 198 Å². The number of aliphatic hydroxyl groups is 1. The average Bonchev–Trinajstić information content (AvgIpc) is 3.38. The number of halogens is 1. The average molecular weight is 474 g/mol. The van der Waals surface area contributed by atoms with Crippen LogP contribution in [0.4, 0.5) is 10.2 Å². The first kappa shape index (κ1) is 25.6. The minimum atomic E-state index is -1.55. The molecule has 0 amide bonds. The van der Waals surface area contributed by atoms with Crippen LogP contribution in [0, 0.1) is 23.8 Å². The zero-order chi connectivity index (χ0) is 24.9. The van der Waals surface area contributed by atoms with Gasteiger partial charge in [-0.1, -0.05) is 38.7 Å². The van der Waals surface area contributed by atoms with Crippen LogP contribution in [0.25, 0.3) is 11.2 Å². The largest absolute Gasteiger partial charge is 0.461 e. The van der Waals surface area contributed by atoms with Crippen LogP contribution in [-0.4, -0.2) is 48.9 Å². The van der Waals surface area contributed by atoms with E-state index < -0.39 is 30.0 Å². The normalized spacial score (nSPS) is 22.6. The fraction of sp³-hybridized carbons (Fsp3) is 0.583. The molecule has 1 fully saturated rings. The molecule has 34 heavy (non-hydrogen) atoms. The van der Waals surface area contributed by atoms with Gasteiger partial charge in [0.25, 0.3) is 0 Å². The van der Waals surface area contributed by atoms with Gasteiger partial charge in [-0.3, -0.25) is 9.36 Å². The molecule has 3 rings (SSSR count). The third-order valence-electron chi connectivity index (χ3n) is 6.90. The van der Waals surface area contributed by atoms with E-state index in [4.69, 9.17) is 21.6 Å². The van der Waals surface area contributed by atoms with Crippen molar-refractivity contribution >= 4 is 23.0 Å². The summed E-state index contributed by atoms with van der Waals surface area (Å²) in [5.74, 6) is 1.91. The number of imidazole rings is 1. The first-order valence-corrected chi connectivity index (χ1v) is 11.5. The van der Waals surface area contributed by atoms with E-state index >= 15 is 0 Å². The molecule has 0 saturated carbocycles. The lowest BCUT2D eigenvalue weighted by molar-refractivity contribution is -0.156. The maximum absolute atomic E-state index is 13.7. The van der Waals surface area contributed by atoms with Gasteiger partial charge in [-0.2, -0.15) is 14.4 Å². The van der Waals surface area contributed by atoms with Crippen LogP contribution in [0.2, 0.25) is 0 Å². The van der Waals surface area contributed by atoms with E-state index in [0.29, 0.717) is 6.42 Å². The van der Waals surface area contributed by atoms with Gasteiger partial charge in [-0.05, 0) is 24.7 Å². The van der Waals surface area contributed by atoms with Crippen molar-refractivity contribution in [2.75, 3.05) is 12.3 Å². The first-order chi connectivity index (χ1) is 16.2. The third-order valence-corrected chi connectivity index (χ3v) is 6.90. The topological polar surface area (TPSA) is 125 Å². The number of fused-ring (bicyclic) bond motifs is 1. The highest BCUT2D eigenvalue weighted by atomic mass is 19.1. The summed E-state index contributed by atoms with van der Waals surface area (Å²) in [6, 6.07) is 0. The van der Waals surface area contributed by atoms with E-state index in [-0.39, 0.29) is 41.8 Å². The van der Waals surface area contributed by atoms with E-state index in [2.05, 4.69) is 41.3 Å². The minimum Gasteiger partial charge on any atom is -0.461 e. The molecule has 3 atom stereocenters. The molecule has 3 N–H and O–H groups in total. The highest BCUT2D eigenvalue weighted by Gasteiger charge is 2.49. The van der Waals surface area contributed by atoms with Gasteiger partial charge in [-0.15, -0.1) is 13.0 Å². The lowest BCUT2D eigenvalue weighted by Gasteiger charge is -2.30. The van der Waals surface area contributed by atoms with Gasteiger partial charge in [0.2, 0.25) is 0 Å². The van der Waals surface area contributed by atoms with E-state index in [1.165, 1.54) is 10.9 Å². The Balaban J connectivity index is 1.63. The maximum Gasteiger partial charge on any atom is 0.312 e. The van der Waals surface area contributed by atoms with Gasteiger partial charge in [0.15, 0.2) is 22.6 Å². The Morgan fingerprint density at radius 3 is 2.91 bits per heavy atom. The van der Waals surface area contributed by atoms with Crippen LogP contribution >= 0.6 is 0 Å². The van der Waals surface area contributed by atoms with Crippen molar-refractivity contribution in [3.05, 3.63) is 25.1 Å². The van der Waals surface area contributed by atoms with Crippen LogP contribution in [0.3, 0.4) is 0 Å². The summed E-state index contributed by atoms with van der Waals surface area (Å²) in [6.45, 7) is 7.84. The summed E-state index contributed by atoms with van der Waals surface area (Å²) in [5, 5.41) is 10.7. The number of nitrogens with zero attached hydrogens (tertiary/aromatic N) is 4. The van der Waals surface area contributed by atoms with Crippen LogP contribution in [0.5, 0.6) is 0 Å². The number of hydrogen-bond donors (Lipinski definition) is 2. The molecular weight excluding hydrogens is 441 g/mol. The molecule has 1 saturated heterocycles. The van der Waals surface area contributed by atoms with Crippen molar-refractivity contribution in [1.82, 2.24) is 19.5 Å². The molecule has 1 aliphatic rings. The number of hydrogen-bond acceptors (Lipinski definition) is 8. The van der Waals surface area contributed by atoms with Gasteiger partial charge in [0.1, 0.15) is 18.9 Å². The van der Waals surface area contributed by atoms with Crippen molar-refractivity contribution in [3.63, 3.8) is 0 Å². The van der Waals surface area contributed by atoms with Crippen molar-refractivity contribution in [2.24, 2.45) is 5.41 Å². The zero-order valence-electron chi connectivity index (χ0n) is 19.7. The summed E-state index contributed by atoms with van der Waals surface area (Å²) < 4.78 is 26.5. The van der Waals surface area contributed by atoms with Gasteiger partial charge in [0, 0.05) is 12.8 Å². The summed E-state index contributed by atoms with van der Waals surface area (Å²) >= 11 is 0. The number of esters is 1. The lowest BCUT2D eigenvalue weighted by Crippen LogP contribution is -2.43. The maximum atomic E-state index is 13.7. The van der Waals surface area contributed by atoms with E-state index in [9.17, 15) is 14.3 Å². The summed E-state index contributed by atoms with van der Waals surface area (Å²) in [6.07, 6.45) is 10.8. The summed E-state index contributed by atoms with van der Waals surface area (Å²) in [4.78, 5) is 23.7. The second kappa shape index (κ2) is 10.5. The van der Waals surface area contributed by atoms with Crippen LogP contribution in [0.1, 0.15) is 65.0 Å². The quantitative estimate of drug-likeness (QED) is 0.220. The van der Waals surface area contributed by atoms with Crippen LogP contribution in [0.15, 0.2) is 19.0 Å². The van der Waals surface area contributed by atoms with E-state index in [0.717, 1.165) is 25.7 Å². The minimum absolute atomic E-state index is 0.0653. The van der Waals surface area contributed by atoms with Gasteiger partial charge in [0.05, 0.1) is 6.33 Å². The lowest BCUT2D eigenvalue weighted by atomic mass is 9.75. The van der Waals surface area contributed by atoms with Crippen molar-refractivity contribution in [2.45, 2.75) is 76.7 Å². The number of aliphatic hydroxyl groups excluding tert-OH is 1. The predicted octanol–water partition coefficient (Wildman–Crippen LogP) is 3.30. The Morgan fingerprint density at radius 1 is 1.53 bits per heavy atom. The van der Waals surface area contributed by atoms with Crippen molar-refractivity contribution in [3.8, 4) is 12.3 Å². The number of carbonyl (C=O) groups excluding carboxylic acids is 1. The molecule has 9 nitrogen and oxygen atoms in total. The van der Waals surface area contributed by atoms with E-state index in [1.54, 1.807) is 0 Å². The number of nitrogens with two attached hydrogens (primary N) is 1. The molecule has 1 aliphatic heterocycles. The molecule has 184 valence electrons. The second-order valence-corrected chi connectivity index (χ2v) is 8.77. The van der Waals surface area contributed by atoms with Crippen LogP contribution < -0.4 is 5.73 Å². The summed E-state index contributed by atoms with van der Waals surface area (Å²) in [5.41, 5.74) is 4.61. The molecule has 0 radical (unpaired) electrons. The number of terminal acetylenes is 1. The van der Waals surface area contributed by atoms with E-state index in [1.807, 2.05) is 6.08 Å². The number of rotatable bonds is 11. The molecule has 0 aliphatic carbocycles. The standard InChI is InChI=1S/C24H32FN5O4/c1-5-11-23(6-2,7-3)12-9-10-18(32)33-14-24(8-4)16(31)13-17(34-24)30-15-27-19-20(26)28-22(25)29-21(19)30/h4-5,15-17,31H,1,6-7,9-14H2,2-3H3,(H2,26,28,29)/t16-,17+,24+/m0/s1. The second-order valence-electron chi connectivity index (χ2n) is 8.77. The fourth-order valence-electron chi connectivity index (χ4n) is 4.51. The molecule has 0 unspecified atom stereocenters. The summed E-state index contributed by atoms with van der Waals surface area (Å²) in [7, 11) is 0. The zero-order valence-corrected chi connectivity index (χ0v) is 19.7. The number of anilines is 1. The number of nitrogen functional groups attached to an aromatic ring is 1. The monoisotopic (exact) mass is 473 g/mol. The number of carbonyl (C=O) groups is 1. The van der Waals surface area contributed by atoms with Crippen molar-refractivity contribution < 1.29 is 23.8 Å². The molecular formula is C24H32FN5O4. The highest BCUT2D eigenvalue weighted by molar-refractivity contribution is 5.81. The van der Waals surface area contributed by atoms with Crippen LogP contribution in [-0.2, 0) is 14.3 Å². The molecule has 10 heteroatoms. The fourth-order valence-corrected chi connectivity index (χ4v) is 4.51. The molecule has 2 aromatic rings. The molecule has 0 aromatic carbocycles. The highest BCUT2D eigenvalue weighted by Crippen LogP contribution is 2.39. The van der Waals surface area contributed by atoms with Gasteiger partial charge < -0.3 is 20.3 Å². The predicted molar refractivity (Wildman–Crippen MR) is 125 cm³/mol. The first-order valence-electron chi connectivity index (χ1n) is 11.5. The number of allylic oxidation sites excluding steroid dienone is 1. The Kier molecular flexibility index (Phi) is 7.89. The Bertz CT molecular complexity index is 1080. The van der Waals surface area contributed by atoms with Crippen molar-refractivity contribution in [1.29, 1.82) is 0 Å². The number of ether oxygens (including phenoxy) is 2.